The molecule has 0 aliphatic carbocycles. The van der Waals surface area contributed by atoms with E-state index in [0.29, 0.717) is 38.4 Å². The van der Waals surface area contributed by atoms with Crippen LogP contribution in [0.25, 0.3) is 10.9 Å². The van der Waals surface area contributed by atoms with Crippen LogP contribution in [0.2, 0.25) is 10.0 Å². The molecule has 0 unspecified atom stereocenters. The summed E-state index contributed by atoms with van der Waals surface area (Å²) in [5.41, 5.74) is 1.86. The molecule has 158 valence electrons. The van der Waals surface area contributed by atoms with Gasteiger partial charge in [-0.1, -0.05) is 23.2 Å². The normalized spacial score (nSPS) is 10.8. The Labute approximate surface area is 192 Å². The van der Waals surface area contributed by atoms with E-state index in [0.717, 1.165) is 10.4 Å². The fourth-order valence-electron chi connectivity index (χ4n) is 3.01. The molecule has 4 rings (SSSR count). The van der Waals surface area contributed by atoms with E-state index in [9.17, 15) is 4.79 Å². The molecular weight excluding hydrogens is 457 g/mol. The van der Waals surface area contributed by atoms with Crippen molar-refractivity contribution in [2.75, 3.05) is 17.1 Å². The number of ether oxygens (including phenoxy) is 1. The Hall–Kier alpha value is -2.94. The van der Waals surface area contributed by atoms with E-state index in [1.54, 1.807) is 42.3 Å². The highest BCUT2D eigenvalue weighted by atomic mass is 35.5. The number of benzene rings is 2. The van der Waals surface area contributed by atoms with Gasteiger partial charge in [-0.3, -0.25) is 9.78 Å². The lowest BCUT2D eigenvalue weighted by atomic mass is 10.2. The van der Waals surface area contributed by atoms with E-state index in [1.807, 2.05) is 24.3 Å². The number of anilines is 2. The molecule has 31 heavy (non-hydrogen) atoms. The minimum atomic E-state index is -0.261. The molecule has 0 fully saturated rings. The lowest BCUT2D eigenvalue weighted by molar-refractivity contribution is 0.101. The summed E-state index contributed by atoms with van der Waals surface area (Å²) in [4.78, 5) is 22.0. The molecule has 0 aliphatic heterocycles. The van der Waals surface area contributed by atoms with Crippen LogP contribution in [0.15, 0.2) is 59.9 Å². The standard InChI is InChI=1S/C21H17Cl2N5O2S/c1-28-15-10-17(30-2)20(23)19(22)14(15)9-16(28)21(29)26-12-3-5-13(6-4-12)31-27-18-11-24-7-8-25-18/h3-11H,1-2H3,(H,25,27)(H,26,29). The van der Waals surface area contributed by atoms with Crippen LogP contribution in [0, 0.1) is 0 Å². The Kier molecular flexibility index (Phi) is 6.22. The van der Waals surface area contributed by atoms with Crippen molar-refractivity contribution < 1.29 is 9.53 Å². The average molecular weight is 474 g/mol. The van der Waals surface area contributed by atoms with Crippen molar-refractivity contribution in [3.8, 4) is 5.75 Å². The number of carbonyl (C=O) groups is 1. The molecular formula is C21H17Cl2N5O2S. The number of halogens is 2. The van der Waals surface area contributed by atoms with Gasteiger partial charge >= 0.3 is 0 Å². The molecule has 2 aromatic carbocycles. The number of fused-ring (bicyclic) bond motifs is 1. The van der Waals surface area contributed by atoms with Crippen molar-refractivity contribution in [1.29, 1.82) is 0 Å². The Morgan fingerprint density at radius 2 is 1.90 bits per heavy atom. The van der Waals surface area contributed by atoms with Crippen LogP contribution in [-0.4, -0.2) is 27.6 Å². The molecule has 4 aromatic rings. The van der Waals surface area contributed by atoms with Gasteiger partial charge in [0.05, 0.1) is 23.8 Å². The van der Waals surface area contributed by atoms with Crippen LogP contribution < -0.4 is 14.8 Å². The molecule has 0 aliphatic rings. The van der Waals surface area contributed by atoms with Gasteiger partial charge in [0.2, 0.25) is 0 Å². The van der Waals surface area contributed by atoms with E-state index in [2.05, 4.69) is 20.0 Å². The van der Waals surface area contributed by atoms with Crippen molar-refractivity contribution in [3.63, 3.8) is 0 Å². The van der Waals surface area contributed by atoms with Crippen molar-refractivity contribution >= 4 is 63.5 Å². The van der Waals surface area contributed by atoms with Crippen LogP contribution in [0.4, 0.5) is 11.5 Å². The minimum absolute atomic E-state index is 0.261. The van der Waals surface area contributed by atoms with Crippen LogP contribution in [0.5, 0.6) is 5.75 Å². The maximum Gasteiger partial charge on any atom is 0.272 e. The Morgan fingerprint density at radius 3 is 2.58 bits per heavy atom. The molecule has 0 atom stereocenters. The van der Waals surface area contributed by atoms with Crippen LogP contribution in [0.3, 0.4) is 0 Å². The summed E-state index contributed by atoms with van der Waals surface area (Å²) in [6.45, 7) is 0. The number of aromatic nitrogens is 3. The highest BCUT2D eigenvalue weighted by Crippen LogP contribution is 2.39. The first-order chi connectivity index (χ1) is 15.0. The van der Waals surface area contributed by atoms with Crippen molar-refractivity contribution in [2.45, 2.75) is 4.90 Å². The van der Waals surface area contributed by atoms with Gasteiger partial charge in [0.25, 0.3) is 5.91 Å². The van der Waals surface area contributed by atoms with Gasteiger partial charge in [-0.15, -0.1) is 0 Å². The van der Waals surface area contributed by atoms with Gasteiger partial charge in [0.1, 0.15) is 16.5 Å². The molecule has 0 bridgehead atoms. The summed E-state index contributed by atoms with van der Waals surface area (Å²) in [5, 5.41) is 4.25. The molecule has 2 heterocycles. The lowest BCUT2D eigenvalue weighted by Gasteiger charge is -2.09. The number of hydrogen-bond acceptors (Lipinski definition) is 6. The van der Waals surface area contributed by atoms with Crippen molar-refractivity contribution in [2.24, 2.45) is 7.05 Å². The number of carbonyl (C=O) groups excluding carboxylic acids is 1. The summed E-state index contributed by atoms with van der Waals surface area (Å²) in [5.74, 6) is 0.856. The Bertz CT molecular complexity index is 1250. The van der Waals surface area contributed by atoms with Crippen molar-refractivity contribution in [3.05, 3.63) is 70.7 Å². The number of nitrogens with zero attached hydrogens (tertiary/aromatic N) is 3. The quantitative estimate of drug-likeness (QED) is 0.351. The van der Waals surface area contributed by atoms with Gasteiger partial charge < -0.3 is 19.3 Å². The molecule has 1 amide bonds. The highest BCUT2D eigenvalue weighted by Gasteiger charge is 2.19. The second kappa shape index (κ2) is 9.05. The molecule has 2 aromatic heterocycles. The number of amides is 1. The fraction of sp³-hybridized carbons (Fsp3) is 0.0952. The smallest absolute Gasteiger partial charge is 0.272 e. The number of hydrogen-bond donors (Lipinski definition) is 2. The van der Waals surface area contributed by atoms with Crippen LogP contribution >= 0.6 is 35.1 Å². The van der Waals surface area contributed by atoms with Crippen LogP contribution in [0.1, 0.15) is 10.5 Å². The van der Waals surface area contributed by atoms with Gasteiger partial charge in [0, 0.05) is 41.5 Å². The largest absolute Gasteiger partial charge is 0.495 e. The molecule has 7 nitrogen and oxygen atoms in total. The fourth-order valence-corrected chi connectivity index (χ4v) is 4.09. The minimum Gasteiger partial charge on any atom is -0.495 e. The highest BCUT2D eigenvalue weighted by molar-refractivity contribution is 8.00. The second-order valence-corrected chi connectivity index (χ2v) is 8.14. The Balaban J connectivity index is 1.50. The molecule has 0 radical (unpaired) electrons. The zero-order valence-electron chi connectivity index (χ0n) is 16.5. The van der Waals surface area contributed by atoms with Gasteiger partial charge in [-0.25, -0.2) is 4.98 Å². The van der Waals surface area contributed by atoms with Gasteiger partial charge in [0.15, 0.2) is 5.82 Å². The third kappa shape index (κ3) is 4.41. The lowest BCUT2D eigenvalue weighted by Crippen LogP contribution is -2.15. The maximum atomic E-state index is 12.9. The predicted molar refractivity (Wildman–Crippen MR) is 125 cm³/mol. The van der Waals surface area contributed by atoms with Crippen LogP contribution in [-0.2, 0) is 7.05 Å². The van der Waals surface area contributed by atoms with Gasteiger partial charge in [-0.05, 0) is 42.3 Å². The number of rotatable bonds is 6. The average Bonchev–Trinajstić information content (AvgIpc) is 3.13. The maximum absolute atomic E-state index is 12.9. The zero-order valence-corrected chi connectivity index (χ0v) is 18.8. The molecule has 2 N–H and O–H groups in total. The first-order valence-electron chi connectivity index (χ1n) is 9.09. The molecule has 0 saturated carbocycles. The molecule has 0 saturated heterocycles. The summed E-state index contributed by atoms with van der Waals surface area (Å²) in [6.07, 6.45) is 4.87. The topological polar surface area (TPSA) is 81.1 Å². The second-order valence-electron chi connectivity index (χ2n) is 6.50. The molecule has 0 spiro atoms. The first-order valence-corrected chi connectivity index (χ1v) is 10.7. The van der Waals surface area contributed by atoms with Gasteiger partial charge in [-0.2, -0.15) is 0 Å². The summed E-state index contributed by atoms with van der Waals surface area (Å²) in [7, 11) is 3.31. The third-order valence-corrected chi connectivity index (χ3v) is 6.28. The number of nitrogens with one attached hydrogen (secondary N) is 2. The van der Waals surface area contributed by atoms with E-state index in [1.165, 1.54) is 19.1 Å². The van der Waals surface area contributed by atoms with E-state index < -0.39 is 0 Å². The first kappa shape index (κ1) is 21.3. The number of aryl methyl sites for hydroxylation is 1. The summed E-state index contributed by atoms with van der Waals surface area (Å²) < 4.78 is 10.1. The summed E-state index contributed by atoms with van der Waals surface area (Å²) in [6, 6.07) is 10.9. The van der Waals surface area contributed by atoms with Crippen molar-refractivity contribution in [1.82, 2.24) is 14.5 Å². The summed E-state index contributed by atoms with van der Waals surface area (Å²) >= 11 is 14.0. The third-order valence-electron chi connectivity index (χ3n) is 4.59. The SMILES string of the molecule is COc1cc2c(cc(C(=O)Nc3ccc(SNc4cnccn4)cc3)n2C)c(Cl)c1Cl. The zero-order chi connectivity index (χ0) is 22.0. The Morgan fingerprint density at radius 1 is 1.13 bits per heavy atom. The predicted octanol–water partition coefficient (Wildman–Crippen LogP) is 5.66. The van der Waals surface area contributed by atoms with E-state index >= 15 is 0 Å². The monoisotopic (exact) mass is 473 g/mol. The molecule has 10 heteroatoms. The number of methoxy groups -OCH3 is 1. The van der Waals surface area contributed by atoms with E-state index in [-0.39, 0.29) is 5.91 Å². The van der Waals surface area contributed by atoms with E-state index in [4.69, 9.17) is 27.9 Å².